The van der Waals surface area contributed by atoms with Crippen LogP contribution in [0, 0.1) is 6.92 Å². The van der Waals surface area contributed by atoms with E-state index in [4.69, 9.17) is 0 Å². The van der Waals surface area contributed by atoms with Crippen molar-refractivity contribution >= 4 is 21.5 Å². The Balaban J connectivity index is 1.86. The molecule has 9 heteroatoms. The third-order valence-corrected chi connectivity index (χ3v) is 5.45. The Bertz CT molecular complexity index is 829. The average Bonchev–Trinajstić information content (AvgIpc) is 2.92. The summed E-state index contributed by atoms with van der Waals surface area (Å²) in [5.74, 6) is -0.134. The molecule has 1 atom stereocenters. The number of aryl methyl sites for hydroxylation is 1. The van der Waals surface area contributed by atoms with Crippen LogP contribution in [0.1, 0.15) is 29.7 Å². The summed E-state index contributed by atoms with van der Waals surface area (Å²) in [4.78, 5) is 20.3. The fourth-order valence-electron chi connectivity index (χ4n) is 2.44. The molecule has 21 heavy (non-hydrogen) atoms. The summed E-state index contributed by atoms with van der Waals surface area (Å²) in [6.45, 7) is 3.55. The second-order valence-corrected chi connectivity index (χ2v) is 7.77. The molecule has 1 unspecified atom stereocenters. The molecule has 1 aliphatic rings. The summed E-state index contributed by atoms with van der Waals surface area (Å²) in [6, 6.07) is 1.76. The lowest BCUT2D eigenvalue weighted by atomic mass is 10.0. The van der Waals surface area contributed by atoms with Crippen LogP contribution in [0.5, 0.6) is 0 Å². The van der Waals surface area contributed by atoms with Gasteiger partial charge < -0.3 is 5.32 Å². The lowest BCUT2D eigenvalue weighted by Crippen LogP contribution is -2.47. The predicted molar refractivity (Wildman–Crippen MR) is 74.7 cm³/mol. The van der Waals surface area contributed by atoms with Crippen molar-refractivity contribution in [2.24, 2.45) is 0 Å². The number of carbonyl (C=O) groups excluding carboxylic acids is 1. The number of hydrogen-bond acceptors (Lipinski definition) is 6. The third-order valence-electron chi connectivity index (χ3n) is 3.55. The number of nitrogens with one attached hydrogen (secondary N) is 1. The highest BCUT2D eigenvalue weighted by molar-refractivity contribution is 7.91. The van der Waals surface area contributed by atoms with Crippen LogP contribution >= 0.6 is 0 Å². The van der Waals surface area contributed by atoms with E-state index in [1.54, 1.807) is 19.2 Å². The molecule has 2 aromatic rings. The molecule has 1 aliphatic heterocycles. The monoisotopic (exact) mass is 309 g/mol. The first kappa shape index (κ1) is 13.9. The van der Waals surface area contributed by atoms with E-state index in [9.17, 15) is 13.2 Å². The summed E-state index contributed by atoms with van der Waals surface area (Å²) in [5.41, 5.74) is 0.0387. The number of amides is 1. The van der Waals surface area contributed by atoms with Gasteiger partial charge in [0.15, 0.2) is 9.84 Å². The molecule has 0 spiro atoms. The van der Waals surface area contributed by atoms with E-state index in [0.29, 0.717) is 12.2 Å². The minimum atomic E-state index is -3.09. The van der Waals surface area contributed by atoms with Gasteiger partial charge in [0.05, 0.1) is 17.0 Å². The number of aromatic nitrogens is 4. The van der Waals surface area contributed by atoms with Gasteiger partial charge in [0.25, 0.3) is 11.7 Å². The molecular formula is C12H15N5O3S. The molecule has 3 rings (SSSR count). The second kappa shape index (κ2) is 4.48. The molecule has 1 N–H and O–H groups in total. The molecule has 1 amide bonds. The van der Waals surface area contributed by atoms with Crippen LogP contribution in [0.3, 0.4) is 0 Å². The largest absolute Gasteiger partial charge is 0.343 e. The Morgan fingerprint density at radius 1 is 1.48 bits per heavy atom. The normalized spacial score (nSPS) is 24.3. The minimum Gasteiger partial charge on any atom is -0.343 e. The molecule has 0 aliphatic carbocycles. The molecule has 0 saturated carbocycles. The van der Waals surface area contributed by atoms with E-state index >= 15 is 0 Å². The highest BCUT2D eigenvalue weighted by atomic mass is 32.2. The zero-order chi connectivity index (χ0) is 15.3. The van der Waals surface area contributed by atoms with Crippen molar-refractivity contribution in [3.8, 4) is 0 Å². The van der Waals surface area contributed by atoms with Gasteiger partial charge in [-0.1, -0.05) is 0 Å². The van der Waals surface area contributed by atoms with E-state index < -0.39 is 21.3 Å². The van der Waals surface area contributed by atoms with Crippen LogP contribution in [0.2, 0.25) is 0 Å². The molecule has 8 nitrogen and oxygen atoms in total. The molecular weight excluding hydrogens is 294 g/mol. The van der Waals surface area contributed by atoms with Crippen molar-refractivity contribution in [3.63, 3.8) is 0 Å². The zero-order valence-electron chi connectivity index (χ0n) is 11.7. The smallest absolute Gasteiger partial charge is 0.291 e. The summed E-state index contributed by atoms with van der Waals surface area (Å²) in [7, 11) is -3.09. The molecule has 0 bridgehead atoms. The number of rotatable bonds is 2. The summed E-state index contributed by atoms with van der Waals surface area (Å²) >= 11 is 0. The first-order valence-corrected chi connectivity index (χ1v) is 8.32. The van der Waals surface area contributed by atoms with Crippen LogP contribution in [0.4, 0.5) is 0 Å². The maximum absolute atomic E-state index is 12.2. The number of nitrogens with zero attached hydrogens (tertiary/aromatic N) is 4. The maximum atomic E-state index is 12.2. The lowest BCUT2D eigenvalue weighted by Gasteiger charge is -2.22. The van der Waals surface area contributed by atoms with Crippen LogP contribution in [-0.2, 0) is 9.84 Å². The van der Waals surface area contributed by atoms with Crippen molar-refractivity contribution in [2.75, 3.05) is 11.5 Å². The Morgan fingerprint density at radius 2 is 2.24 bits per heavy atom. The first-order chi connectivity index (χ1) is 9.78. The van der Waals surface area contributed by atoms with Gasteiger partial charge in [-0.25, -0.2) is 17.9 Å². The number of fused-ring (bicyclic) bond motifs is 1. The first-order valence-electron chi connectivity index (χ1n) is 6.49. The highest BCUT2D eigenvalue weighted by Crippen LogP contribution is 2.23. The number of sulfone groups is 1. The highest BCUT2D eigenvalue weighted by Gasteiger charge is 2.40. The predicted octanol–water partition coefficient (Wildman–Crippen LogP) is -0.260. The van der Waals surface area contributed by atoms with Crippen molar-refractivity contribution in [1.29, 1.82) is 0 Å². The van der Waals surface area contributed by atoms with Crippen LogP contribution in [-0.4, -0.2) is 51.0 Å². The molecule has 3 heterocycles. The van der Waals surface area contributed by atoms with Crippen molar-refractivity contribution in [2.45, 2.75) is 25.8 Å². The van der Waals surface area contributed by atoms with Crippen molar-refractivity contribution in [3.05, 3.63) is 23.8 Å². The Hall–Kier alpha value is -2.03. The van der Waals surface area contributed by atoms with Gasteiger partial charge in [0.2, 0.25) is 5.82 Å². The van der Waals surface area contributed by atoms with Gasteiger partial charge in [0.1, 0.15) is 0 Å². The third kappa shape index (κ3) is 2.60. The quantitative estimate of drug-likeness (QED) is 0.819. The Morgan fingerprint density at radius 3 is 2.86 bits per heavy atom. The lowest BCUT2D eigenvalue weighted by molar-refractivity contribution is 0.0905. The van der Waals surface area contributed by atoms with Crippen LogP contribution in [0.15, 0.2) is 12.3 Å². The van der Waals surface area contributed by atoms with Gasteiger partial charge in [-0.3, -0.25) is 4.79 Å². The minimum absolute atomic E-state index is 0.0117. The summed E-state index contributed by atoms with van der Waals surface area (Å²) in [6.07, 6.45) is 1.98. The Kier molecular flexibility index (Phi) is 2.97. The van der Waals surface area contributed by atoms with E-state index in [0.717, 1.165) is 5.69 Å². The Labute approximate surface area is 121 Å². The molecule has 1 saturated heterocycles. The molecule has 1 fully saturated rings. The average molecular weight is 309 g/mol. The van der Waals surface area contributed by atoms with Gasteiger partial charge in [-0.15, -0.1) is 5.10 Å². The van der Waals surface area contributed by atoms with Gasteiger partial charge in [-0.2, -0.15) is 4.98 Å². The van der Waals surface area contributed by atoms with Gasteiger partial charge in [0, 0.05) is 11.9 Å². The standard InChI is InChI=1S/C12H15N5O3S/c1-8-3-5-13-11-14-9(16-17(8)11)10(18)15-12(2)4-6-21(19,20)7-12/h3,5H,4,6-7H2,1-2H3,(H,15,18). The molecule has 0 radical (unpaired) electrons. The number of hydrogen-bond donors (Lipinski definition) is 1. The summed E-state index contributed by atoms with van der Waals surface area (Å²) < 4.78 is 24.6. The second-order valence-electron chi connectivity index (χ2n) is 5.59. The van der Waals surface area contributed by atoms with E-state index in [-0.39, 0.29) is 17.3 Å². The van der Waals surface area contributed by atoms with E-state index in [2.05, 4.69) is 20.4 Å². The van der Waals surface area contributed by atoms with Crippen LogP contribution < -0.4 is 5.32 Å². The van der Waals surface area contributed by atoms with Crippen molar-refractivity contribution in [1.82, 2.24) is 24.9 Å². The topological polar surface area (TPSA) is 106 Å². The fraction of sp³-hybridized carbons (Fsp3) is 0.500. The molecule has 0 aromatic carbocycles. The van der Waals surface area contributed by atoms with E-state index in [1.165, 1.54) is 4.52 Å². The van der Waals surface area contributed by atoms with Crippen LogP contribution in [0.25, 0.3) is 5.78 Å². The fourth-order valence-corrected chi connectivity index (χ4v) is 4.53. The maximum Gasteiger partial charge on any atom is 0.291 e. The zero-order valence-corrected chi connectivity index (χ0v) is 12.5. The van der Waals surface area contributed by atoms with Crippen molar-refractivity contribution < 1.29 is 13.2 Å². The van der Waals surface area contributed by atoms with Gasteiger partial charge in [-0.05, 0) is 26.3 Å². The number of carbonyl (C=O) groups is 1. The SMILES string of the molecule is Cc1ccnc2nc(C(=O)NC3(C)CCS(=O)(=O)C3)nn12. The van der Waals surface area contributed by atoms with Gasteiger partial charge >= 0.3 is 0 Å². The molecule has 2 aromatic heterocycles. The molecule has 112 valence electrons. The van der Waals surface area contributed by atoms with E-state index in [1.807, 2.05) is 6.92 Å². The summed E-state index contributed by atoms with van der Waals surface area (Å²) in [5, 5.41) is 6.83.